The number of nitrogens with one attached hydrogen (secondary N) is 2. The Morgan fingerprint density at radius 2 is 1.62 bits per heavy atom. The van der Waals surface area contributed by atoms with Gasteiger partial charge in [0.2, 0.25) is 0 Å². The van der Waals surface area contributed by atoms with Crippen molar-refractivity contribution in [3.05, 3.63) is 23.8 Å². The zero-order valence-electron chi connectivity index (χ0n) is 12.3. The van der Waals surface area contributed by atoms with Gasteiger partial charge < -0.3 is 20.8 Å². The maximum Gasteiger partial charge on any atom is 0.251 e. The van der Waals surface area contributed by atoms with Crippen LogP contribution in [0.2, 0.25) is 0 Å². The zero-order chi connectivity index (χ0) is 15.1. The Balaban J connectivity index is 1.71. The first-order chi connectivity index (χ1) is 10.1. The van der Waals surface area contributed by atoms with E-state index >= 15 is 0 Å². The number of hydrogen-bond acceptors (Lipinski definition) is 4. The molecule has 0 aromatic heterocycles. The summed E-state index contributed by atoms with van der Waals surface area (Å²) in [5, 5.41) is 25.0. The second-order valence-corrected chi connectivity index (χ2v) is 5.64. The molecule has 0 aliphatic heterocycles. The molecule has 21 heavy (non-hydrogen) atoms. The number of phenolic OH excluding ortho intramolecular Hbond substituents is 2. The molecule has 116 valence electrons. The van der Waals surface area contributed by atoms with Crippen molar-refractivity contribution in [3.63, 3.8) is 0 Å². The predicted octanol–water partition coefficient (Wildman–Crippen LogP) is 2.14. The number of phenols is 2. The van der Waals surface area contributed by atoms with E-state index < -0.39 is 0 Å². The smallest absolute Gasteiger partial charge is 0.251 e. The van der Waals surface area contributed by atoms with E-state index in [4.69, 9.17) is 0 Å². The van der Waals surface area contributed by atoms with E-state index in [0.717, 1.165) is 6.54 Å². The molecule has 0 unspecified atom stereocenters. The second-order valence-electron chi connectivity index (χ2n) is 5.64. The number of carbonyl (C=O) groups is 1. The minimum Gasteiger partial charge on any atom is -0.508 e. The Bertz CT molecular complexity index is 448. The third-order valence-electron chi connectivity index (χ3n) is 3.86. The molecule has 1 saturated carbocycles. The first kappa shape index (κ1) is 15.6. The first-order valence-electron chi connectivity index (χ1n) is 7.70. The van der Waals surface area contributed by atoms with E-state index in [0.29, 0.717) is 12.6 Å². The van der Waals surface area contributed by atoms with Crippen molar-refractivity contribution >= 4 is 5.91 Å². The molecule has 2 rings (SSSR count). The second kappa shape index (κ2) is 7.88. The number of rotatable bonds is 5. The number of amides is 1. The third-order valence-corrected chi connectivity index (χ3v) is 3.86. The van der Waals surface area contributed by atoms with Gasteiger partial charge in [-0.3, -0.25) is 4.79 Å². The van der Waals surface area contributed by atoms with Crippen LogP contribution < -0.4 is 10.6 Å². The molecule has 1 aliphatic carbocycles. The summed E-state index contributed by atoms with van der Waals surface area (Å²) in [6.07, 6.45) is 7.66. The first-order valence-corrected chi connectivity index (χ1v) is 7.70. The quantitative estimate of drug-likeness (QED) is 0.495. The molecule has 1 aromatic carbocycles. The van der Waals surface area contributed by atoms with Gasteiger partial charge in [-0.05, 0) is 25.0 Å². The van der Waals surface area contributed by atoms with Crippen LogP contribution >= 0.6 is 0 Å². The van der Waals surface area contributed by atoms with Crippen LogP contribution in [0.1, 0.15) is 48.9 Å². The van der Waals surface area contributed by atoms with Crippen molar-refractivity contribution in [2.24, 2.45) is 0 Å². The summed E-state index contributed by atoms with van der Waals surface area (Å²) in [5.41, 5.74) is 0.266. The maximum atomic E-state index is 11.9. The Morgan fingerprint density at radius 1 is 1.00 bits per heavy atom. The van der Waals surface area contributed by atoms with Crippen molar-refractivity contribution in [1.29, 1.82) is 0 Å². The molecule has 0 spiro atoms. The van der Waals surface area contributed by atoms with Gasteiger partial charge in [0.1, 0.15) is 11.5 Å². The van der Waals surface area contributed by atoms with Crippen LogP contribution in [0.4, 0.5) is 0 Å². The highest BCUT2D eigenvalue weighted by Gasteiger charge is 2.12. The fourth-order valence-corrected chi connectivity index (χ4v) is 2.76. The zero-order valence-corrected chi connectivity index (χ0v) is 12.3. The van der Waals surface area contributed by atoms with E-state index in [2.05, 4.69) is 10.6 Å². The van der Waals surface area contributed by atoms with Crippen LogP contribution in [0, 0.1) is 0 Å². The topological polar surface area (TPSA) is 81.6 Å². The van der Waals surface area contributed by atoms with Crippen LogP contribution in [0.25, 0.3) is 0 Å². The molecule has 0 radical (unpaired) electrons. The molecule has 1 aliphatic rings. The van der Waals surface area contributed by atoms with Gasteiger partial charge in [0.25, 0.3) is 5.91 Å². The number of benzene rings is 1. The molecule has 0 saturated heterocycles. The van der Waals surface area contributed by atoms with Gasteiger partial charge in [-0.15, -0.1) is 0 Å². The highest BCUT2D eigenvalue weighted by atomic mass is 16.3. The normalized spacial score (nSPS) is 16.4. The lowest BCUT2D eigenvalue weighted by molar-refractivity contribution is 0.0952. The summed E-state index contributed by atoms with van der Waals surface area (Å²) >= 11 is 0. The number of carbonyl (C=O) groups excluding carboxylic acids is 1. The molecule has 4 N–H and O–H groups in total. The molecule has 1 aromatic rings. The van der Waals surface area contributed by atoms with Crippen LogP contribution in [-0.2, 0) is 0 Å². The van der Waals surface area contributed by atoms with Crippen LogP contribution in [0.5, 0.6) is 11.5 Å². The van der Waals surface area contributed by atoms with Gasteiger partial charge in [-0.1, -0.05) is 25.7 Å². The predicted molar refractivity (Wildman–Crippen MR) is 81.6 cm³/mol. The monoisotopic (exact) mass is 292 g/mol. The van der Waals surface area contributed by atoms with E-state index in [9.17, 15) is 15.0 Å². The Hall–Kier alpha value is -1.75. The van der Waals surface area contributed by atoms with Gasteiger partial charge in [0, 0.05) is 30.8 Å². The Kier molecular flexibility index (Phi) is 5.87. The highest BCUT2D eigenvalue weighted by Crippen LogP contribution is 2.20. The number of hydrogen-bond donors (Lipinski definition) is 4. The Morgan fingerprint density at radius 3 is 2.24 bits per heavy atom. The van der Waals surface area contributed by atoms with Gasteiger partial charge in [0.05, 0.1) is 0 Å². The van der Waals surface area contributed by atoms with Gasteiger partial charge in [-0.25, -0.2) is 0 Å². The highest BCUT2D eigenvalue weighted by molar-refractivity contribution is 5.95. The summed E-state index contributed by atoms with van der Waals surface area (Å²) in [6, 6.07) is 4.45. The minimum atomic E-state index is -0.288. The van der Waals surface area contributed by atoms with E-state index in [1.807, 2.05) is 0 Å². The summed E-state index contributed by atoms with van der Waals surface area (Å²) in [4.78, 5) is 11.9. The van der Waals surface area contributed by atoms with E-state index in [1.165, 1.54) is 56.7 Å². The van der Waals surface area contributed by atoms with Crippen LogP contribution in [0.15, 0.2) is 18.2 Å². The lowest BCUT2D eigenvalue weighted by atomic mass is 10.1. The van der Waals surface area contributed by atoms with Gasteiger partial charge in [-0.2, -0.15) is 0 Å². The average Bonchev–Trinajstić information content (AvgIpc) is 2.71. The molecule has 1 fully saturated rings. The molecule has 0 bridgehead atoms. The maximum absolute atomic E-state index is 11.9. The third kappa shape index (κ3) is 5.27. The summed E-state index contributed by atoms with van der Waals surface area (Å²) < 4.78 is 0. The fraction of sp³-hybridized carbons (Fsp3) is 0.562. The fourth-order valence-electron chi connectivity index (χ4n) is 2.76. The summed E-state index contributed by atoms with van der Waals surface area (Å²) in [6.45, 7) is 1.27. The number of aromatic hydroxyl groups is 2. The lowest BCUT2D eigenvalue weighted by Crippen LogP contribution is -2.36. The van der Waals surface area contributed by atoms with Crippen molar-refractivity contribution in [2.75, 3.05) is 13.1 Å². The van der Waals surface area contributed by atoms with E-state index in [1.54, 1.807) is 0 Å². The molecule has 5 nitrogen and oxygen atoms in total. The minimum absolute atomic E-state index is 0.114. The largest absolute Gasteiger partial charge is 0.508 e. The van der Waals surface area contributed by atoms with Crippen molar-refractivity contribution in [1.82, 2.24) is 10.6 Å². The average molecular weight is 292 g/mol. The van der Waals surface area contributed by atoms with Gasteiger partial charge >= 0.3 is 0 Å². The summed E-state index contributed by atoms with van der Waals surface area (Å²) in [5.74, 6) is -0.516. The molecular weight excluding hydrogens is 268 g/mol. The van der Waals surface area contributed by atoms with Gasteiger partial charge in [0.15, 0.2) is 0 Å². The van der Waals surface area contributed by atoms with E-state index in [-0.39, 0.29) is 23.0 Å². The molecular formula is C16H24N2O3. The van der Waals surface area contributed by atoms with Crippen LogP contribution in [0.3, 0.4) is 0 Å². The Labute approximate surface area is 125 Å². The van der Waals surface area contributed by atoms with Crippen molar-refractivity contribution in [2.45, 2.75) is 44.6 Å². The molecule has 1 amide bonds. The molecule has 0 heterocycles. The molecule has 0 atom stereocenters. The van der Waals surface area contributed by atoms with Crippen molar-refractivity contribution in [3.8, 4) is 11.5 Å². The molecule has 5 heteroatoms. The summed E-state index contributed by atoms with van der Waals surface area (Å²) in [7, 11) is 0. The SMILES string of the molecule is O=C(NCCNC1CCCCCC1)c1cc(O)cc(O)c1. The lowest BCUT2D eigenvalue weighted by Gasteiger charge is -2.16. The van der Waals surface area contributed by atoms with Crippen LogP contribution in [-0.4, -0.2) is 35.3 Å². The van der Waals surface area contributed by atoms with Crippen molar-refractivity contribution < 1.29 is 15.0 Å². The standard InChI is InChI=1S/C16H24N2O3/c19-14-9-12(10-15(20)11-14)16(21)18-8-7-17-13-5-3-1-2-4-6-13/h9-11,13,17,19-20H,1-8H2,(H,18,21).